The lowest BCUT2D eigenvalue weighted by atomic mass is 9.98. The summed E-state index contributed by atoms with van der Waals surface area (Å²) in [6.07, 6.45) is 25.0. The van der Waals surface area contributed by atoms with E-state index in [0.717, 1.165) is 128 Å². The van der Waals surface area contributed by atoms with Crippen LogP contribution >= 0.6 is 0 Å². The molecule has 0 bridgehead atoms. The summed E-state index contributed by atoms with van der Waals surface area (Å²) < 4.78 is 34.0. The average molecular weight is 1020 g/mol. The number of ether oxygens (including phenoxy) is 6. The van der Waals surface area contributed by atoms with Gasteiger partial charge in [0.1, 0.15) is 18.5 Å². The van der Waals surface area contributed by atoms with Crippen molar-refractivity contribution in [2.75, 3.05) is 60.2 Å². The van der Waals surface area contributed by atoms with E-state index in [1.54, 1.807) is 0 Å². The van der Waals surface area contributed by atoms with Gasteiger partial charge in [0.05, 0.1) is 39.4 Å². The monoisotopic (exact) mass is 1020 g/mol. The van der Waals surface area contributed by atoms with E-state index in [1.165, 1.54) is 30.6 Å². The first-order chi connectivity index (χ1) is 34.8. The van der Waals surface area contributed by atoms with Crippen LogP contribution in [0.1, 0.15) is 240 Å². The number of esters is 5. The van der Waals surface area contributed by atoms with Crippen molar-refractivity contribution >= 4 is 41.7 Å². The Hall–Kier alpha value is -3.75. The molecule has 1 heterocycles. The van der Waals surface area contributed by atoms with E-state index in [2.05, 4.69) is 27.7 Å². The maximum atomic E-state index is 13.7. The highest BCUT2D eigenvalue weighted by Crippen LogP contribution is 2.27. The Bertz CT molecular complexity index is 1390. The number of nitrogens with zero attached hydrogens (tertiary/aromatic N) is 2. The molecule has 72 heavy (non-hydrogen) atoms. The number of likely N-dealkylation sites (tertiary alicyclic amines) is 1. The van der Waals surface area contributed by atoms with Crippen LogP contribution < -0.4 is 0 Å². The van der Waals surface area contributed by atoms with E-state index in [4.69, 9.17) is 28.4 Å². The molecule has 1 rings (SSSR count). The molecule has 0 unspecified atom stereocenters. The second kappa shape index (κ2) is 44.7. The second-order valence-electron chi connectivity index (χ2n) is 20.6. The first-order valence-electron chi connectivity index (χ1n) is 28.7. The lowest BCUT2D eigenvalue weighted by Crippen LogP contribution is -2.38. The van der Waals surface area contributed by atoms with Crippen molar-refractivity contribution in [1.82, 2.24) is 9.80 Å². The summed E-state index contributed by atoms with van der Waals surface area (Å²) >= 11 is 0. The fourth-order valence-corrected chi connectivity index (χ4v) is 8.74. The van der Waals surface area contributed by atoms with E-state index < -0.39 is 36.0 Å². The number of amides is 1. The second-order valence-corrected chi connectivity index (χ2v) is 20.6. The molecule has 1 fully saturated rings. The van der Waals surface area contributed by atoms with Crippen LogP contribution in [0.4, 0.5) is 4.79 Å². The third kappa shape index (κ3) is 37.1. The summed E-state index contributed by atoms with van der Waals surface area (Å²) in [5.74, 6) is -3.27. The van der Waals surface area contributed by atoms with Crippen molar-refractivity contribution in [2.45, 2.75) is 252 Å². The van der Waals surface area contributed by atoms with Crippen LogP contribution in [0, 0.1) is 11.8 Å². The van der Waals surface area contributed by atoms with Gasteiger partial charge in [-0.2, -0.15) is 0 Å². The average Bonchev–Trinajstić information content (AvgIpc) is 3.76. The number of carbonyl (C=O) groups is 7. The van der Waals surface area contributed by atoms with E-state index in [-0.39, 0.29) is 114 Å². The molecule has 0 aromatic carbocycles. The zero-order valence-corrected chi connectivity index (χ0v) is 46.3. The van der Waals surface area contributed by atoms with Crippen molar-refractivity contribution < 1.29 is 62.0 Å². The summed E-state index contributed by atoms with van der Waals surface area (Å²) in [5, 5.41) is 0. The number of rotatable bonds is 47. The fraction of sp³-hybridized carbons (Fsp3) is 0.877. The Balaban J connectivity index is 3.01. The van der Waals surface area contributed by atoms with Gasteiger partial charge in [-0.25, -0.2) is 4.79 Å². The van der Waals surface area contributed by atoms with Crippen LogP contribution in [0.3, 0.4) is 0 Å². The van der Waals surface area contributed by atoms with Crippen LogP contribution in [0.15, 0.2) is 0 Å². The van der Waals surface area contributed by atoms with Crippen LogP contribution in [0.2, 0.25) is 0 Å². The van der Waals surface area contributed by atoms with Gasteiger partial charge in [0.25, 0.3) is 0 Å². The van der Waals surface area contributed by atoms with Crippen molar-refractivity contribution in [1.29, 1.82) is 0 Å². The molecule has 0 spiro atoms. The standard InChI is InChI=1S/C57H102N2O13/c1-7-11-15-19-23-27-31-52(61)68-43-47(44-69-53(62)32-28-24-20-16-12-8-2)39-50(60)36-35-49-41-51(42-59(49)57(66)67-38-37-58(5)6)72-56(65)40-48(45-70-54(63)33-29-25-21-17-13-9-3)46-71-55(64)34-30-26-22-18-14-10-4/h47-49,51H,7-46H2,1-6H3/t49-,51-/m1/s1. The number of likely N-dealkylation sites (N-methyl/N-ethyl adjacent to an activating group) is 1. The zero-order valence-electron chi connectivity index (χ0n) is 46.3. The van der Waals surface area contributed by atoms with E-state index in [1.807, 2.05) is 19.0 Å². The minimum absolute atomic E-state index is 0.0153. The SMILES string of the molecule is CCCCCCCCC(=O)OCC(COC(=O)CCCCCCCC)CC(=O)CC[C@@H]1C[C@@H](OC(=O)CC(COC(=O)CCCCCCCC)COC(=O)CCCCCCCC)CN1C(=O)OCCN(C)C. The Morgan fingerprint density at radius 2 is 0.819 bits per heavy atom. The van der Waals surface area contributed by atoms with E-state index in [0.29, 0.717) is 19.4 Å². The summed E-state index contributed by atoms with van der Waals surface area (Å²) in [6, 6.07) is -0.482. The highest BCUT2D eigenvalue weighted by Gasteiger charge is 2.39. The molecule has 15 heteroatoms. The molecule has 1 saturated heterocycles. The van der Waals surface area contributed by atoms with Gasteiger partial charge in [-0.1, -0.05) is 156 Å². The maximum absolute atomic E-state index is 13.7. The number of unbranched alkanes of at least 4 members (excludes halogenated alkanes) is 20. The number of hydrogen-bond acceptors (Lipinski definition) is 14. The number of ketones is 1. The molecule has 0 N–H and O–H groups in total. The number of hydrogen-bond donors (Lipinski definition) is 0. The molecule has 15 nitrogen and oxygen atoms in total. The van der Waals surface area contributed by atoms with E-state index in [9.17, 15) is 33.6 Å². The van der Waals surface area contributed by atoms with Crippen molar-refractivity contribution in [3.05, 3.63) is 0 Å². The molecule has 0 aromatic rings. The first-order valence-corrected chi connectivity index (χ1v) is 28.7. The number of Topliss-reactive ketones (excluding diaryl/α,β-unsaturated/α-hetero) is 1. The van der Waals surface area contributed by atoms with Gasteiger partial charge in [0.2, 0.25) is 0 Å². The van der Waals surface area contributed by atoms with Gasteiger partial charge in [-0.3, -0.25) is 28.8 Å². The topological polar surface area (TPSA) is 181 Å². The lowest BCUT2D eigenvalue weighted by Gasteiger charge is -2.24. The molecule has 1 aliphatic heterocycles. The largest absolute Gasteiger partial charge is 0.465 e. The minimum Gasteiger partial charge on any atom is -0.465 e. The Kier molecular flexibility index (Phi) is 41.1. The summed E-state index contributed by atoms with van der Waals surface area (Å²) in [7, 11) is 3.74. The van der Waals surface area contributed by atoms with Crippen LogP contribution in [0.25, 0.3) is 0 Å². The van der Waals surface area contributed by atoms with E-state index >= 15 is 0 Å². The molecular formula is C57H102N2O13. The molecular weight excluding hydrogens is 921 g/mol. The highest BCUT2D eigenvalue weighted by molar-refractivity contribution is 5.79. The van der Waals surface area contributed by atoms with Crippen LogP contribution in [-0.4, -0.2) is 124 Å². The third-order valence-corrected chi connectivity index (χ3v) is 13.3. The third-order valence-electron chi connectivity index (χ3n) is 13.3. The first kappa shape index (κ1) is 66.3. The normalized spacial score (nSPS) is 14.5. The molecule has 418 valence electrons. The Labute approximate surface area is 436 Å². The number of carbonyl (C=O) groups excluding carboxylic acids is 7. The van der Waals surface area contributed by atoms with Gasteiger partial charge in [-0.15, -0.1) is 0 Å². The molecule has 0 aromatic heterocycles. The molecule has 0 radical (unpaired) electrons. The Morgan fingerprint density at radius 3 is 1.19 bits per heavy atom. The van der Waals surface area contributed by atoms with Gasteiger partial charge in [-0.05, 0) is 46.2 Å². The molecule has 1 aliphatic rings. The van der Waals surface area contributed by atoms with Gasteiger partial charge in [0.15, 0.2) is 0 Å². The van der Waals surface area contributed by atoms with Gasteiger partial charge >= 0.3 is 35.9 Å². The van der Waals surface area contributed by atoms with Gasteiger partial charge in [0, 0.05) is 69.4 Å². The van der Waals surface area contributed by atoms with Crippen LogP contribution in [0.5, 0.6) is 0 Å². The predicted molar refractivity (Wildman–Crippen MR) is 281 cm³/mol. The molecule has 2 atom stereocenters. The van der Waals surface area contributed by atoms with Gasteiger partial charge < -0.3 is 38.2 Å². The zero-order chi connectivity index (χ0) is 53.0. The van der Waals surface area contributed by atoms with Crippen molar-refractivity contribution in [3.63, 3.8) is 0 Å². The molecule has 1 amide bonds. The van der Waals surface area contributed by atoms with Crippen molar-refractivity contribution in [2.24, 2.45) is 11.8 Å². The Morgan fingerprint density at radius 1 is 0.458 bits per heavy atom. The fourth-order valence-electron chi connectivity index (χ4n) is 8.74. The molecule has 0 saturated carbocycles. The van der Waals surface area contributed by atoms with Crippen molar-refractivity contribution in [3.8, 4) is 0 Å². The summed E-state index contributed by atoms with van der Waals surface area (Å²) in [6.45, 7) is 9.04. The highest BCUT2D eigenvalue weighted by atomic mass is 16.6. The lowest BCUT2D eigenvalue weighted by molar-refractivity contribution is -0.157. The maximum Gasteiger partial charge on any atom is 0.410 e. The summed E-state index contributed by atoms with van der Waals surface area (Å²) in [5.41, 5.74) is 0. The minimum atomic E-state index is -0.699. The quantitative estimate of drug-likeness (QED) is 0.0319. The molecule has 0 aliphatic carbocycles. The summed E-state index contributed by atoms with van der Waals surface area (Å²) in [4.78, 5) is 94.9. The van der Waals surface area contributed by atoms with Crippen LogP contribution in [-0.2, 0) is 57.2 Å². The smallest absolute Gasteiger partial charge is 0.410 e. The predicted octanol–water partition coefficient (Wildman–Crippen LogP) is 12.2.